The molecule has 5 nitrogen and oxygen atoms in total. The molecule has 1 amide bonds. The first-order valence-corrected chi connectivity index (χ1v) is 13.2. The Bertz CT molecular complexity index is 1350. The number of amides is 1. The molecule has 0 radical (unpaired) electrons. The Hall–Kier alpha value is -3.86. The van der Waals surface area contributed by atoms with Crippen molar-refractivity contribution in [3.05, 3.63) is 100 Å². The molecule has 2 aliphatic heterocycles. The Labute approximate surface area is 218 Å². The van der Waals surface area contributed by atoms with Gasteiger partial charge in [-0.05, 0) is 78.8 Å². The van der Waals surface area contributed by atoms with E-state index < -0.39 is 17.7 Å². The van der Waals surface area contributed by atoms with Crippen molar-refractivity contribution >= 4 is 23.1 Å². The zero-order valence-electron chi connectivity index (χ0n) is 21.7. The van der Waals surface area contributed by atoms with Gasteiger partial charge in [-0.1, -0.05) is 56.7 Å². The molecule has 1 N–H and O–H groups in total. The maximum absolute atomic E-state index is 13.5. The van der Waals surface area contributed by atoms with Gasteiger partial charge in [0.05, 0.1) is 11.6 Å². The number of ether oxygens (including phenoxy) is 1. The minimum absolute atomic E-state index is 0.0651. The highest BCUT2D eigenvalue weighted by molar-refractivity contribution is 6.51. The molecular weight excluding hydrogens is 462 g/mol. The maximum atomic E-state index is 13.5. The maximum Gasteiger partial charge on any atom is 0.300 e. The fourth-order valence-electron chi connectivity index (χ4n) is 5.28. The highest BCUT2D eigenvalue weighted by atomic mass is 16.5. The number of carbonyl (C=O) groups is 2. The summed E-state index contributed by atoms with van der Waals surface area (Å²) >= 11 is 0. The van der Waals surface area contributed by atoms with Gasteiger partial charge in [-0.25, -0.2) is 0 Å². The van der Waals surface area contributed by atoms with E-state index in [0.29, 0.717) is 11.3 Å². The minimum Gasteiger partial charge on any atom is -0.507 e. The number of fused-ring (bicyclic) bond motifs is 1. The van der Waals surface area contributed by atoms with Gasteiger partial charge in [-0.15, -0.1) is 0 Å². The van der Waals surface area contributed by atoms with Crippen molar-refractivity contribution in [3.63, 3.8) is 0 Å². The summed E-state index contributed by atoms with van der Waals surface area (Å²) in [6, 6.07) is 20.5. The average Bonchev–Trinajstić information content (AvgIpc) is 3.42. The van der Waals surface area contributed by atoms with Gasteiger partial charge in [-0.3, -0.25) is 14.5 Å². The lowest BCUT2D eigenvalue weighted by molar-refractivity contribution is -0.132. The van der Waals surface area contributed by atoms with Gasteiger partial charge in [0.1, 0.15) is 17.6 Å². The third-order valence-electron chi connectivity index (χ3n) is 7.35. The fraction of sp³-hybridized carbons (Fsp3) is 0.312. The van der Waals surface area contributed by atoms with Crippen molar-refractivity contribution in [1.82, 2.24) is 0 Å². The van der Waals surface area contributed by atoms with Crippen LogP contribution in [0.1, 0.15) is 67.5 Å². The van der Waals surface area contributed by atoms with Gasteiger partial charge < -0.3 is 9.84 Å². The summed E-state index contributed by atoms with van der Waals surface area (Å²) in [5, 5.41) is 11.5. The van der Waals surface area contributed by atoms with Crippen molar-refractivity contribution in [2.75, 3.05) is 4.90 Å². The SMILES string of the molecule is CCCCc1ccc(N2C(=O)C(=O)/C(=C(\O)c3ccc4c(c3)CC(C)O4)C2c2ccc(CC)cc2)cc1. The number of aryl methyl sites for hydroxylation is 2. The number of Topliss-reactive ketones (excluding diaryl/α,β-unsaturated/α-hetero) is 1. The zero-order valence-corrected chi connectivity index (χ0v) is 21.7. The molecule has 3 aromatic carbocycles. The first-order valence-electron chi connectivity index (χ1n) is 13.2. The van der Waals surface area contributed by atoms with Crippen molar-refractivity contribution in [2.24, 2.45) is 0 Å². The molecule has 5 rings (SSSR count). The van der Waals surface area contributed by atoms with E-state index in [1.807, 2.05) is 67.6 Å². The summed E-state index contributed by atoms with van der Waals surface area (Å²) in [4.78, 5) is 28.5. The first-order chi connectivity index (χ1) is 17.9. The molecule has 3 aromatic rings. The van der Waals surface area contributed by atoms with E-state index >= 15 is 0 Å². The normalized spacial score (nSPS) is 20.2. The van der Waals surface area contributed by atoms with E-state index in [4.69, 9.17) is 4.74 Å². The number of unbranched alkanes of at least 4 members (excludes halogenated alkanes) is 1. The van der Waals surface area contributed by atoms with Gasteiger partial charge in [0, 0.05) is 17.7 Å². The number of hydrogen-bond donors (Lipinski definition) is 1. The monoisotopic (exact) mass is 495 g/mol. The summed E-state index contributed by atoms with van der Waals surface area (Å²) in [6.07, 6.45) is 4.86. The Morgan fingerprint density at radius 1 is 0.973 bits per heavy atom. The summed E-state index contributed by atoms with van der Waals surface area (Å²) in [5.41, 5.74) is 5.38. The number of anilines is 1. The van der Waals surface area contributed by atoms with Crippen LogP contribution in [0.15, 0.2) is 72.3 Å². The van der Waals surface area contributed by atoms with E-state index in [1.54, 1.807) is 6.07 Å². The summed E-state index contributed by atoms with van der Waals surface area (Å²) in [6.45, 7) is 6.24. The molecule has 0 spiro atoms. The van der Waals surface area contributed by atoms with Crippen LogP contribution < -0.4 is 9.64 Å². The van der Waals surface area contributed by atoms with Crippen LogP contribution in [-0.4, -0.2) is 22.9 Å². The molecule has 2 atom stereocenters. The van der Waals surface area contributed by atoms with Crippen LogP contribution in [0.2, 0.25) is 0 Å². The van der Waals surface area contributed by atoms with Gasteiger partial charge >= 0.3 is 0 Å². The molecule has 0 aromatic heterocycles. The number of benzene rings is 3. The third-order valence-corrected chi connectivity index (χ3v) is 7.35. The standard InChI is InChI=1S/C32H33NO4/c1-4-6-7-22-10-15-26(16-11-22)33-29(23-12-8-21(5-2)9-13-23)28(31(35)32(33)36)30(34)24-14-17-27-25(19-24)18-20(3)37-27/h8-17,19-20,29,34H,4-7,18H2,1-3H3/b30-28-. The van der Waals surface area contributed by atoms with Crippen molar-refractivity contribution in [2.45, 2.75) is 65.0 Å². The molecule has 0 saturated carbocycles. The van der Waals surface area contributed by atoms with E-state index in [2.05, 4.69) is 13.8 Å². The number of rotatable bonds is 7. The van der Waals surface area contributed by atoms with E-state index in [0.717, 1.165) is 54.5 Å². The second-order valence-electron chi connectivity index (χ2n) is 9.99. The number of nitrogens with zero attached hydrogens (tertiary/aromatic N) is 1. The smallest absolute Gasteiger partial charge is 0.300 e. The third kappa shape index (κ3) is 4.66. The van der Waals surface area contributed by atoms with Crippen LogP contribution >= 0.6 is 0 Å². The highest BCUT2D eigenvalue weighted by Gasteiger charge is 2.47. The number of hydrogen-bond acceptors (Lipinski definition) is 4. The Balaban J connectivity index is 1.61. The largest absolute Gasteiger partial charge is 0.507 e. The lowest BCUT2D eigenvalue weighted by Gasteiger charge is -2.26. The van der Waals surface area contributed by atoms with Crippen LogP contribution in [-0.2, 0) is 28.9 Å². The number of aliphatic hydroxyl groups excluding tert-OH is 1. The van der Waals surface area contributed by atoms with Crippen LogP contribution in [0.4, 0.5) is 5.69 Å². The molecule has 2 heterocycles. The fourth-order valence-corrected chi connectivity index (χ4v) is 5.28. The minimum atomic E-state index is -0.726. The topological polar surface area (TPSA) is 66.8 Å². The molecule has 5 heteroatoms. The highest BCUT2D eigenvalue weighted by Crippen LogP contribution is 2.43. The van der Waals surface area contributed by atoms with Crippen molar-refractivity contribution in [3.8, 4) is 5.75 Å². The molecule has 0 bridgehead atoms. The van der Waals surface area contributed by atoms with Gasteiger partial charge in [0.2, 0.25) is 0 Å². The molecule has 2 unspecified atom stereocenters. The first kappa shape index (κ1) is 24.8. The molecule has 190 valence electrons. The van der Waals surface area contributed by atoms with Crippen molar-refractivity contribution in [1.29, 1.82) is 0 Å². The quantitative estimate of drug-likeness (QED) is 0.230. The van der Waals surface area contributed by atoms with Gasteiger partial charge in [0.25, 0.3) is 11.7 Å². The lowest BCUT2D eigenvalue weighted by Crippen LogP contribution is -2.29. The predicted octanol–water partition coefficient (Wildman–Crippen LogP) is 6.54. The second kappa shape index (κ2) is 10.3. The van der Waals surface area contributed by atoms with E-state index in [1.165, 1.54) is 10.5 Å². The molecule has 37 heavy (non-hydrogen) atoms. The van der Waals surface area contributed by atoms with Crippen LogP contribution in [0, 0.1) is 0 Å². The predicted molar refractivity (Wildman–Crippen MR) is 146 cm³/mol. The zero-order chi connectivity index (χ0) is 26.1. The second-order valence-corrected chi connectivity index (χ2v) is 9.99. The summed E-state index contributed by atoms with van der Waals surface area (Å²) < 4.78 is 5.80. The van der Waals surface area contributed by atoms with Crippen LogP contribution in [0.25, 0.3) is 5.76 Å². The van der Waals surface area contributed by atoms with Gasteiger partial charge in [-0.2, -0.15) is 0 Å². The molecule has 1 fully saturated rings. The average molecular weight is 496 g/mol. The number of ketones is 1. The Morgan fingerprint density at radius 2 is 1.68 bits per heavy atom. The molecule has 0 aliphatic carbocycles. The van der Waals surface area contributed by atoms with Gasteiger partial charge in [0.15, 0.2) is 0 Å². The number of aliphatic hydroxyl groups is 1. The molecule has 2 aliphatic rings. The Kier molecular flexibility index (Phi) is 6.88. The molecule has 1 saturated heterocycles. The van der Waals surface area contributed by atoms with Crippen LogP contribution in [0.3, 0.4) is 0 Å². The number of carbonyl (C=O) groups excluding carboxylic acids is 2. The lowest BCUT2D eigenvalue weighted by atomic mass is 9.93. The van der Waals surface area contributed by atoms with Crippen molar-refractivity contribution < 1.29 is 19.4 Å². The van der Waals surface area contributed by atoms with E-state index in [-0.39, 0.29) is 17.4 Å². The summed E-state index contributed by atoms with van der Waals surface area (Å²) in [5.74, 6) is -0.681. The van der Waals surface area contributed by atoms with Crippen LogP contribution in [0.5, 0.6) is 5.75 Å². The molecular formula is C32H33NO4. The van der Waals surface area contributed by atoms with E-state index in [9.17, 15) is 14.7 Å². The Morgan fingerprint density at radius 3 is 2.35 bits per heavy atom. The summed E-state index contributed by atoms with van der Waals surface area (Å²) in [7, 11) is 0.